The fourth-order valence-electron chi connectivity index (χ4n) is 5.02. The van der Waals surface area contributed by atoms with Crippen LogP contribution in [-0.2, 0) is 24.3 Å². The lowest BCUT2D eigenvalue weighted by Crippen LogP contribution is -2.48. The van der Waals surface area contributed by atoms with Crippen molar-refractivity contribution in [2.75, 3.05) is 34.4 Å². The molecule has 1 aromatic heterocycles. The molecule has 1 saturated heterocycles. The van der Waals surface area contributed by atoms with E-state index in [1.54, 1.807) is 25.1 Å². The van der Waals surface area contributed by atoms with Gasteiger partial charge in [0.1, 0.15) is 18.0 Å². The van der Waals surface area contributed by atoms with E-state index in [9.17, 15) is 4.79 Å². The van der Waals surface area contributed by atoms with Crippen LogP contribution in [0.25, 0.3) is 0 Å². The molecule has 2 heterocycles. The van der Waals surface area contributed by atoms with Crippen LogP contribution in [0, 0.1) is 5.92 Å². The van der Waals surface area contributed by atoms with Crippen LogP contribution in [-0.4, -0.2) is 65.9 Å². The number of amides is 1. The average molecular weight is 477 g/mol. The molecule has 186 valence electrons. The Balaban J connectivity index is 1.42. The number of rotatable bonds is 10. The van der Waals surface area contributed by atoms with Crippen molar-refractivity contribution in [2.45, 2.75) is 38.4 Å². The highest BCUT2D eigenvalue weighted by Gasteiger charge is 2.32. The van der Waals surface area contributed by atoms with E-state index in [4.69, 9.17) is 9.47 Å². The summed E-state index contributed by atoms with van der Waals surface area (Å²) in [5.74, 6) is 2.20. The minimum absolute atomic E-state index is 0.0972. The molecule has 1 fully saturated rings. The van der Waals surface area contributed by atoms with Crippen molar-refractivity contribution in [1.82, 2.24) is 19.6 Å². The molecule has 1 unspecified atom stereocenters. The van der Waals surface area contributed by atoms with E-state index in [1.165, 1.54) is 11.1 Å². The summed E-state index contributed by atoms with van der Waals surface area (Å²) < 4.78 is 12.6. The average Bonchev–Trinajstić information content (AvgIpc) is 3.41. The van der Waals surface area contributed by atoms with Gasteiger partial charge in [-0.15, -0.1) is 0 Å². The molecule has 3 aromatic rings. The molecule has 0 N–H and O–H groups in total. The van der Waals surface area contributed by atoms with Gasteiger partial charge in [-0.3, -0.25) is 14.4 Å². The van der Waals surface area contributed by atoms with Gasteiger partial charge in [-0.25, -0.2) is 0 Å². The van der Waals surface area contributed by atoms with Crippen LogP contribution in [0.4, 0.5) is 0 Å². The van der Waals surface area contributed by atoms with Crippen LogP contribution in [0.2, 0.25) is 0 Å². The van der Waals surface area contributed by atoms with Gasteiger partial charge in [0.2, 0.25) is 5.91 Å². The van der Waals surface area contributed by atoms with Gasteiger partial charge in [-0.05, 0) is 56.0 Å². The third kappa shape index (κ3) is 6.42. The lowest BCUT2D eigenvalue weighted by Gasteiger charge is -2.40. The number of carbonyl (C=O) groups is 1. The SMILES string of the molecule is COc1ccc(CN2CCC(C(Cc3ccccc3)N(C)C(=O)Cn3cccn3)CC2)c(OC)c1. The Kier molecular flexibility index (Phi) is 8.42. The Morgan fingerprint density at radius 2 is 1.86 bits per heavy atom. The maximum atomic E-state index is 13.1. The maximum absolute atomic E-state index is 13.1. The van der Waals surface area contributed by atoms with Crippen molar-refractivity contribution < 1.29 is 14.3 Å². The molecule has 35 heavy (non-hydrogen) atoms. The minimum atomic E-state index is 0.0972. The topological polar surface area (TPSA) is 59.8 Å². The largest absolute Gasteiger partial charge is 0.497 e. The zero-order chi connectivity index (χ0) is 24.6. The van der Waals surface area contributed by atoms with E-state index in [1.807, 2.05) is 42.4 Å². The van der Waals surface area contributed by atoms with Gasteiger partial charge in [-0.1, -0.05) is 36.4 Å². The van der Waals surface area contributed by atoms with E-state index in [0.717, 1.165) is 50.4 Å². The van der Waals surface area contributed by atoms with Crippen LogP contribution in [0.15, 0.2) is 67.0 Å². The standard InChI is InChI=1S/C28H36N4O3/c1-30(28(33)21-32-15-7-14-29-32)26(18-22-8-5-4-6-9-22)23-12-16-31(17-13-23)20-24-10-11-25(34-2)19-27(24)35-3/h4-11,14-15,19,23,26H,12-13,16-18,20-21H2,1-3H3. The molecular weight excluding hydrogens is 440 g/mol. The molecule has 7 nitrogen and oxygen atoms in total. The summed E-state index contributed by atoms with van der Waals surface area (Å²) in [6, 6.07) is 18.5. The third-order valence-electron chi connectivity index (χ3n) is 7.10. The number of aromatic nitrogens is 2. The number of carbonyl (C=O) groups excluding carboxylic acids is 1. The van der Waals surface area contributed by atoms with E-state index >= 15 is 0 Å². The first kappa shape index (κ1) is 24.8. The normalized spacial score (nSPS) is 15.5. The highest BCUT2D eigenvalue weighted by Crippen LogP contribution is 2.30. The summed E-state index contributed by atoms with van der Waals surface area (Å²) in [6.07, 6.45) is 6.51. The summed E-state index contributed by atoms with van der Waals surface area (Å²) >= 11 is 0. The zero-order valence-corrected chi connectivity index (χ0v) is 21.0. The predicted molar refractivity (Wildman–Crippen MR) is 136 cm³/mol. The van der Waals surface area contributed by atoms with Crippen molar-refractivity contribution in [3.63, 3.8) is 0 Å². The maximum Gasteiger partial charge on any atom is 0.244 e. The molecule has 2 aromatic carbocycles. The lowest BCUT2D eigenvalue weighted by atomic mass is 9.84. The van der Waals surface area contributed by atoms with Gasteiger partial charge in [-0.2, -0.15) is 5.10 Å². The lowest BCUT2D eigenvalue weighted by molar-refractivity contribution is -0.134. The number of nitrogens with zero attached hydrogens (tertiary/aromatic N) is 4. The Morgan fingerprint density at radius 1 is 1.09 bits per heavy atom. The van der Waals surface area contributed by atoms with Gasteiger partial charge in [0, 0.05) is 43.7 Å². The van der Waals surface area contributed by atoms with Gasteiger partial charge in [0.05, 0.1) is 14.2 Å². The molecule has 1 atom stereocenters. The van der Waals surface area contributed by atoms with Crippen molar-refractivity contribution in [3.8, 4) is 11.5 Å². The molecule has 0 radical (unpaired) electrons. The van der Waals surface area contributed by atoms with Gasteiger partial charge in [0.15, 0.2) is 0 Å². The molecule has 0 spiro atoms. The fourth-order valence-corrected chi connectivity index (χ4v) is 5.02. The van der Waals surface area contributed by atoms with E-state index < -0.39 is 0 Å². The fraction of sp³-hybridized carbons (Fsp3) is 0.429. The van der Waals surface area contributed by atoms with Gasteiger partial charge in [0.25, 0.3) is 0 Å². The van der Waals surface area contributed by atoms with E-state index in [0.29, 0.717) is 5.92 Å². The van der Waals surface area contributed by atoms with E-state index in [2.05, 4.69) is 40.3 Å². The van der Waals surface area contributed by atoms with Crippen LogP contribution >= 0.6 is 0 Å². The first-order valence-corrected chi connectivity index (χ1v) is 12.3. The second-order valence-electron chi connectivity index (χ2n) is 9.26. The summed E-state index contributed by atoms with van der Waals surface area (Å²) in [5.41, 5.74) is 2.43. The number of benzene rings is 2. The van der Waals surface area contributed by atoms with Crippen molar-refractivity contribution in [3.05, 3.63) is 78.1 Å². The Labute approximate surface area is 208 Å². The molecular formula is C28H36N4O3. The van der Waals surface area contributed by atoms with Crippen LogP contribution in [0.1, 0.15) is 24.0 Å². The van der Waals surface area contributed by atoms with Crippen LogP contribution in [0.3, 0.4) is 0 Å². The third-order valence-corrected chi connectivity index (χ3v) is 7.10. The molecule has 4 rings (SSSR count). The Bertz CT molecular complexity index is 1060. The highest BCUT2D eigenvalue weighted by atomic mass is 16.5. The van der Waals surface area contributed by atoms with Gasteiger partial charge >= 0.3 is 0 Å². The Morgan fingerprint density at radius 3 is 2.51 bits per heavy atom. The van der Waals surface area contributed by atoms with Crippen molar-refractivity contribution in [1.29, 1.82) is 0 Å². The molecule has 7 heteroatoms. The number of ether oxygens (including phenoxy) is 2. The summed E-state index contributed by atoms with van der Waals surface area (Å²) in [5, 5.41) is 4.21. The van der Waals surface area contributed by atoms with Crippen molar-refractivity contribution in [2.24, 2.45) is 5.92 Å². The predicted octanol–water partition coefficient (Wildman–Crippen LogP) is 3.88. The molecule has 0 bridgehead atoms. The monoisotopic (exact) mass is 476 g/mol. The molecule has 0 saturated carbocycles. The summed E-state index contributed by atoms with van der Waals surface area (Å²) in [7, 11) is 5.32. The number of likely N-dealkylation sites (N-methyl/N-ethyl adjacent to an activating group) is 1. The highest BCUT2D eigenvalue weighted by molar-refractivity contribution is 5.76. The molecule has 0 aliphatic carbocycles. The second kappa shape index (κ2) is 11.9. The van der Waals surface area contributed by atoms with Crippen LogP contribution < -0.4 is 9.47 Å². The number of hydrogen-bond donors (Lipinski definition) is 0. The zero-order valence-electron chi connectivity index (χ0n) is 21.0. The second-order valence-corrected chi connectivity index (χ2v) is 9.26. The minimum Gasteiger partial charge on any atom is -0.497 e. The number of hydrogen-bond acceptors (Lipinski definition) is 5. The van der Waals surface area contributed by atoms with Crippen molar-refractivity contribution >= 4 is 5.91 Å². The molecule has 1 amide bonds. The number of piperidine rings is 1. The molecule has 1 aliphatic heterocycles. The number of likely N-dealkylation sites (tertiary alicyclic amines) is 1. The summed E-state index contributed by atoms with van der Waals surface area (Å²) in [4.78, 5) is 17.6. The number of methoxy groups -OCH3 is 2. The van der Waals surface area contributed by atoms with Gasteiger partial charge < -0.3 is 14.4 Å². The smallest absolute Gasteiger partial charge is 0.244 e. The Hall–Kier alpha value is -3.32. The first-order valence-electron chi connectivity index (χ1n) is 12.3. The summed E-state index contributed by atoms with van der Waals surface area (Å²) in [6.45, 7) is 3.10. The van der Waals surface area contributed by atoms with E-state index in [-0.39, 0.29) is 18.5 Å². The first-order chi connectivity index (χ1) is 17.1. The van der Waals surface area contributed by atoms with Crippen LogP contribution in [0.5, 0.6) is 11.5 Å². The molecule has 1 aliphatic rings. The quantitative estimate of drug-likeness (QED) is 0.444.